The highest BCUT2D eigenvalue weighted by atomic mass is 28.2. The van der Waals surface area contributed by atoms with Crippen molar-refractivity contribution < 1.29 is 0 Å². The lowest BCUT2D eigenvalue weighted by atomic mass is 9.91. The molecule has 0 aromatic rings. The third-order valence-corrected chi connectivity index (χ3v) is 2.94. The molecule has 0 aliphatic heterocycles. The van der Waals surface area contributed by atoms with E-state index in [9.17, 15) is 0 Å². The Hall–Kier alpha value is -0.00312. The van der Waals surface area contributed by atoms with Gasteiger partial charge in [-0.3, -0.25) is 0 Å². The average Bonchev–Trinajstić information content (AvgIpc) is 1.91. The first-order valence-corrected chi connectivity index (χ1v) is 5.15. The predicted molar refractivity (Wildman–Crippen MR) is 42.1 cm³/mol. The van der Waals surface area contributed by atoms with E-state index in [-0.39, 0.29) is 0 Å². The van der Waals surface area contributed by atoms with Gasteiger partial charge in [0.1, 0.15) is 0 Å². The molecule has 50 valence electrons. The smallest absolute Gasteiger partial charge is 0.0114 e. The van der Waals surface area contributed by atoms with E-state index >= 15 is 0 Å². The first-order valence-electron chi connectivity index (χ1n) is 3.87. The summed E-state index contributed by atoms with van der Waals surface area (Å²) in [5, 5.41) is 0. The van der Waals surface area contributed by atoms with Crippen LogP contribution in [0.5, 0.6) is 0 Å². The maximum Gasteiger partial charge on any atom is -0.0114 e. The quantitative estimate of drug-likeness (QED) is 0.488. The largest absolute Gasteiger partial charge is 0.158 e. The molecule has 0 amide bonds. The van der Waals surface area contributed by atoms with Crippen LogP contribution in [0.1, 0.15) is 32.1 Å². The minimum Gasteiger partial charge on any atom is -0.158 e. The fourth-order valence-corrected chi connectivity index (χ4v) is 2.30. The van der Waals surface area contributed by atoms with Crippen molar-refractivity contribution in [1.29, 1.82) is 0 Å². The van der Waals surface area contributed by atoms with Crippen molar-refractivity contribution >= 4 is 8.96 Å². The SMILES string of the molecule is C#[Si]CC1CCCCC1. The molecule has 0 unspecified atom stereocenters. The van der Waals surface area contributed by atoms with Crippen LogP contribution in [0.25, 0.3) is 0 Å². The molecule has 0 aromatic heterocycles. The van der Waals surface area contributed by atoms with Gasteiger partial charge in [0.05, 0.1) is 0 Å². The van der Waals surface area contributed by atoms with Crippen molar-refractivity contribution in [2.45, 2.75) is 38.1 Å². The van der Waals surface area contributed by atoms with E-state index in [0.29, 0.717) is 8.96 Å². The van der Waals surface area contributed by atoms with Crippen LogP contribution >= 0.6 is 0 Å². The minimum atomic E-state index is 0.689. The Morgan fingerprint density at radius 1 is 1.22 bits per heavy atom. The Balaban J connectivity index is 2.17. The Morgan fingerprint density at radius 3 is 2.44 bits per heavy atom. The Bertz CT molecular complexity index is 106. The summed E-state index contributed by atoms with van der Waals surface area (Å²) in [5.41, 5.74) is 0. The van der Waals surface area contributed by atoms with Crippen molar-refractivity contribution in [2.75, 3.05) is 0 Å². The lowest BCUT2D eigenvalue weighted by molar-refractivity contribution is 0.385. The second-order valence-corrected chi connectivity index (χ2v) is 3.73. The van der Waals surface area contributed by atoms with E-state index in [1.807, 2.05) is 0 Å². The molecule has 1 aliphatic rings. The highest BCUT2D eigenvalue weighted by Crippen LogP contribution is 2.25. The third-order valence-electron chi connectivity index (χ3n) is 2.13. The maximum atomic E-state index is 5.49. The summed E-state index contributed by atoms with van der Waals surface area (Å²) in [7, 11) is 0.689. The van der Waals surface area contributed by atoms with E-state index in [2.05, 4.69) is 0 Å². The molecule has 0 spiro atoms. The number of hydrogen-bond donors (Lipinski definition) is 0. The van der Waals surface area contributed by atoms with E-state index in [1.165, 1.54) is 38.1 Å². The highest BCUT2D eigenvalue weighted by Gasteiger charge is 2.10. The second kappa shape index (κ2) is 3.92. The molecule has 9 heavy (non-hydrogen) atoms. The summed E-state index contributed by atoms with van der Waals surface area (Å²) in [4.78, 5) is 0. The van der Waals surface area contributed by atoms with Crippen LogP contribution in [0.2, 0.25) is 6.04 Å². The first kappa shape index (κ1) is 7.11. The van der Waals surface area contributed by atoms with Gasteiger partial charge in [0.2, 0.25) is 0 Å². The average molecular weight is 138 g/mol. The lowest BCUT2D eigenvalue weighted by Gasteiger charge is -2.18. The lowest BCUT2D eigenvalue weighted by Crippen LogP contribution is -2.05. The van der Waals surface area contributed by atoms with Crippen molar-refractivity contribution in [1.82, 2.24) is 0 Å². The second-order valence-electron chi connectivity index (χ2n) is 2.91. The molecule has 0 aromatic carbocycles. The Labute approximate surface area is 59.8 Å². The molecule has 1 rings (SSSR count). The highest BCUT2D eigenvalue weighted by molar-refractivity contribution is 6.21. The fourth-order valence-electron chi connectivity index (χ4n) is 1.56. The summed E-state index contributed by atoms with van der Waals surface area (Å²) in [6, 6.07) is 6.78. The molecule has 0 N–H and O–H groups in total. The fraction of sp³-hybridized carbons (Fsp3) is 0.875. The van der Waals surface area contributed by atoms with Crippen LogP contribution in [0.4, 0.5) is 0 Å². The Kier molecular flexibility index (Phi) is 3.09. The van der Waals surface area contributed by atoms with Crippen molar-refractivity contribution in [3.05, 3.63) is 0 Å². The van der Waals surface area contributed by atoms with E-state index in [1.54, 1.807) is 0 Å². The zero-order valence-corrected chi connectivity index (χ0v) is 6.90. The molecule has 1 aliphatic carbocycles. The van der Waals surface area contributed by atoms with E-state index < -0.39 is 0 Å². The predicted octanol–water partition coefficient (Wildman–Crippen LogP) is 2.28. The van der Waals surface area contributed by atoms with Crippen LogP contribution in [-0.2, 0) is 0 Å². The van der Waals surface area contributed by atoms with Gasteiger partial charge in [0.25, 0.3) is 0 Å². The number of rotatable bonds is 1. The molecule has 1 heteroatoms. The van der Waals surface area contributed by atoms with E-state index in [4.69, 9.17) is 6.00 Å². The summed E-state index contributed by atoms with van der Waals surface area (Å²) in [5.74, 6) is 0.988. The summed E-state index contributed by atoms with van der Waals surface area (Å²) >= 11 is 0. The minimum absolute atomic E-state index is 0.689. The monoisotopic (exact) mass is 138 g/mol. The molecule has 0 saturated heterocycles. The van der Waals surface area contributed by atoms with Crippen LogP contribution in [0.3, 0.4) is 0 Å². The number of hydrogen-bond acceptors (Lipinski definition) is 0. The van der Waals surface area contributed by atoms with Crippen molar-refractivity contribution in [3.63, 3.8) is 0 Å². The van der Waals surface area contributed by atoms with Gasteiger partial charge in [-0.05, 0) is 20.9 Å². The third kappa shape index (κ3) is 2.38. The maximum absolute atomic E-state index is 5.49. The molecule has 0 heterocycles. The summed E-state index contributed by atoms with van der Waals surface area (Å²) < 4.78 is 0. The van der Waals surface area contributed by atoms with Gasteiger partial charge in [-0.1, -0.05) is 32.1 Å². The normalized spacial score (nSPS) is 21.2. The van der Waals surface area contributed by atoms with Crippen molar-refractivity contribution in [3.8, 4) is 6.00 Å². The molecular formula is C8H14Si. The zero-order chi connectivity index (χ0) is 6.53. The van der Waals surface area contributed by atoms with E-state index in [0.717, 1.165) is 5.92 Å². The Morgan fingerprint density at radius 2 is 1.89 bits per heavy atom. The first-order chi connectivity index (χ1) is 4.43. The van der Waals surface area contributed by atoms with Crippen LogP contribution in [-0.4, -0.2) is 8.96 Å². The molecule has 0 radical (unpaired) electrons. The standard InChI is InChI=1S/C8H14Si/c1-9-7-8-5-3-2-4-6-8/h1,8H,2-7H2. The zero-order valence-electron chi connectivity index (χ0n) is 5.90. The van der Waals surface area contributed by atoms with Crippen LogP contribution in [0.15, 0.2) is 0 Å². The van der Waals surface area contributed by atoms with Gasteiger partial charge >= 0.3 is 0 Å². The van der Waals surface area contributed by atoms with Gasteiger partial charge < -0.3 is 0 Å². The molecule has 1 saturated carbocycles. The topological polar surface area (TPSA) is 0 Å². The molecular weight excluding hydrogens is 124 g/mol. The molecule has 1 fully saturated rings. The summed E-state index contributed by atoms with van der Waals surface area (Å²) in [6.45, 7) is 0. The summed E-state index contributed by atoms with van der Waals surface area (Å²) in [6.07, 6.45) is 7.27. The van der Waals surface area contributed by atoms with Crippen LogP contribution < -0.4 is 0 Å². The van der Waals surface area contributed by atoms with Gasteiger partial charge in [-0.15, -0.1) is 0 Å². The van der Waals surface area contributed by atoms with Crippen LogP contribution in [0, 0.1) is 11.9 Å². The molecule has 0 bridgehead atoms. The van der Waals surface area contributed by atoms with Gasteiger partial charge in [-0.25, -0.2) is 0 Å². The van der Waals surface area contributed by atoms with Gasteiger partial charge in [0.15, 0.2) is 0 Å². The van der Waals surface area contributed by atoms with Crippen molar-refractivity contribution in [2.24, 2.45) is 5.92 Å². The van der Waals surface area contributed by atoms with Gasteiger partial charge in [-0.2, -0.15) is 6.00 Å². The molecule has 0 atom stereocenters. The van der Waals surface area contributed by atoms with Gasteiger partial charge in [0, 0.05) is 0 Å². The molecule has 0 nitrogen and oxygen atoms in total.